The lowest BCUT2D eigenvalue weighted by Crippen LogP contribution is -2.33. The molecule has 0 radical (unpaired) electrons. The summed E-state index contributed by atoms with van der Waals surface area (Å²) in [5, 5.41) is 4.39. The zero-order chi connectivity index (χ0) is 29.3. The second-order valence-electron chi connectivity index (χ2n) is 9.90. The highest BCUT2D eigenvalue weighted by Gasteiger charge is 2.22. The predicted molar refractivity (Wildman–Crippen MR) is 161 cm³/mol. The maximum atomic E-state index is 13.7. The lowest BCUT2D eigenvalue weighted by molar-refractivity contribution is 0.0932. The largest absolute Gasteiger partial charge is 0.343 e. The Balaban J connectivity index is 1.52. The van der Waals surface area contributed by atoms with Gasteiger partial charge in [0.2, 0.25) is 0 Å². The third kappa shape index (κ3) is 6.06. The summed E-state index contributed by atoms with van der Waals surface area (Å²) in [5.74, 6) is -0.569. The Morgan fingerprint density at radius 1 is 1.02 bits per heavy atom. The van der Waals surface area contributed by atoms with Crippen molar-refractivity contribution in [1.82, 2.24) is 19.9 Å². The third-order valence-electron chi connectivity index (χ3n) is 6.65. The average molecular weight is 587 g/mol. The van der Waals surface area contributed by atoms with E-state index in [1.54, 1.807) is 61.0 Å². The van der Waals surface area contributed by atoms with E-state index >= 15 is 0 Å². The van der Waals surface area contributed by atoms with E-state index < -0.39 is 21.8 Å². The van der Waals surface area contributed by atoms with Gasteiger partial charge in [-0.05, 0) is 55.1 Å². The van der Waals surface area contributed by atoms with Gasteiger partial charge >= 0.3 is 0 Å². The van der Waals surface area contributed by atoms with Crippen molar-refractivity contribution < 1.29 is 13.2 Å². The predicted octanol–water partition coefficient (Wildman–Crippen LogP) is 5.45. The fourth-order valence-corrected chi connectivity index (χ4v) is 5.82. The number of hydrogen-bond acceptors (Lipinski definition) is 6. The molecule has 0 bridgehead atoms. The van der Waals surface area contributed by atoms with Gasteiger partial charge in [-0.1, -0.05) is 60.1 Å². The molecule has 10 heteroatoms. The fraction of sp³-hybridized carbons (Fsp3) is 0.161. The Morgan fingerprint density at radius 3 is 2.49 bits per heavy atom. The molecule has 0 unspecified atom stereocenters. The Hall–Kier alpha value is -4.34. The number of halogens is 1. The molecule has 0 spiro atoms. The van der Waals surface area contributed by atoms with Crippen molar-refractivity contribution in [2.45, 2.75) is 25.6 Å². The zero-order valence-corrected chi connectivity index (χ0v) is 24.2. The minimum absolute atomic E-state index is 0.106. The number of fused-ring (bicyclic) bond motifs is 1. The number of carbonyl (C=O) groups excluding carboxylic acids is 1. The Labute approximate surface area is 242 Å². The quantitative estimate of drug-likeness (QED) is 0.272. The lowest BCUT2D eigenvalue weighted by Gasteiger charge is -2.21. The molecule has 1 amide bonds. The maximum Gasteiger partial charge on any atom is 0.272 e. The van der Waals surface area contributed by atoms with Crippen LogP contribution in [0.5, 0.6) is 0 Å². The Bertz CT molecular complexity index is 1960. The average Bonchev–Trinajstić information content (AvgIpc) is 2.92. The summed E-state index contributed by atoms with van der Waals surface area (Å²) in [5.41, 5.74) is 3.17. The number of para-hydroxylation sites is 1. The number of amides is 1. The standard InChI is InChI=1S/C31H27ClN4O4S/c1-19(27-16-23-11-8-14-25(32)28(23)31(38)36(27)24-12-5-4-6-13-24)34-30(37)29-20(2)33-17-26(35-29)22-10-7-9-21(15-22)18-41(3,39)40/h4-17,19H,18H2,1-3H3,(H,34,37)/t19-/m0/s1. The first kappa shape index (κ1) is 28.2. The number of aromatic nitrogens is 3. The number of hydrogen-bond donors (Lipinski definition) is 1. The van der Waals surface area contributed by atoms with Crippen LogP contribution < -0.4 is 10.9 Å². The molecule has 0 saturated heterocycles. The van der Waals surface area contributed by atoms with E-state index in [1.807, 2.05) is 42.5 Å². The molecule has 5 aromatic rings. The second-order valence-corrected chi connectivity index (χ2v) is 12.5. The zero-order valence-electron chi connectivity index (χ0n) is 22.6. The molecule has 0 aliphatic heterocycles. The topological polar surface area (TPSA) is 111 Å². The van der Waals surface area contributed by atoms with Crippen molar-refractivity contribution in [3.05, 3.63) is 123 Å². The van der Waals surface area contributed by atoms with Crippen molar-refractivity contribution in [3.8, 4) is 16.9 Å². The first-order valence-corrected chi connectivity index (χ1v) is 15.3. The molecular weight excluding hydrogens is 560 g/mol. The molecule has 8 nitrogen and oxygen atoms in total. The van der Waals surface area contributed by atoms with Crippen LogP contribution in [0.15, 0.2) is 89.9 Å². The van der Waals surface area contributed by atoms with Crippen molar-refractivity contribution in [1.29, 1.82) is 0 Å². The van der Waals surface area contributed by atoms with Crippen LogP contribution >= 0.6 is 11.6 Å². The second kappa shape index (κ2) is 11.3. The van der Waals surface area contributed by atoms with Crippen LogP contribution in [0, 0.1) is 6.92 Å². The van der Waals surface area contributed by atoms with E-state index in [9.17, 15) is 18.0 Å². The summed E-state index contributed by atoms with van der Waals surface area (Å²) >= 11 is 6.41. The van der Waals surface area contributed by atoms with Gasteiger partial charge in [0.25, 0.3) is 11.5 Å². The van der Waals surface area contributed by atoms with Crippen LogP contribution in [0.3, 0.4) is 0 Å². The molecule has 3 aromatic carbocycles. The first-order chi connectivity index (χ1) is 19.5. The molecule has 2 aromatic heterocycles. The molecule has 0 fully saturated rings. The van der Waals surface area contributed by atoms with Gasteiger partial charge in [0, 0.05) is 23.2 Å². The number of nitrogens with zero attached hydrogens (tertiary/aromatic N) is 3. The van der Waals surface area contributed by atoms with Crippen molar-refractivity contribution >= 4 is 38.1 Å². The number of aryl methyl sites for hydroxylation is 1. The molecule has 1 atom stereocenters. The molecule has 0 saturated carbocycles. The van der Waals surface area contributed by atoms with E-state index in [0.29, 0.717) is 49.7 Å². The van der Waals surface area contributed by atoms with Crippen LogP contribution in [0.1, 0.15) is 40.4 Å². The van der Waals surface area contributed by atoms with Crippen LogP contribution in [0.2, 0.25) is 5.02 Å². The van der Waals surface area contributed by atoms with Gasteiger partial charge in [-0.15, -0.1) is 0 Å². The molecule has 1 N–H and O–H groups in total. The van der Waals surface area contributed by atoms with E-state index in [2.05, 4.69) is 15.3 Å². The highest BCUT2D eigenvalue weighted by atomic mass is 35.5. The fourth-order valence-electron chi connectivity index (χ4n) is 4.77. The van der Waals surface area contributed by atoms with E-state index in [0.717, 1.165) is 0 Å². The molecule has 41 heavy (non-hydrogen) atoms. The monoisotopic (exact) mass is 586 g/mol. The summed E-state index contributed by atoms with van der Waals surface area (Å²) in [6.07, 6.45) is 2.73. The van der Waals surface area contributed by atoms with Gasteiger partial charge in [-0.25, -0.2) is 13.4 Å². The van der Waals surface area contributed by atoms with Gasteiger partial charge in [0.15, 0.2) is 9.84 Å². The summed E-state index contributed by atoms with van der Waals surface area (Å²) in [6, 6.07) is 22.7. The third-order valence-corrected chi connectivity index (χ3v) is 7.82. The van der Waals surface area contributed by atoms with Gasteiger partial charge in [-0.2, -0.15) is 0 Å². The number of pyridine rings is 1. The lowest BCUT2D eigenvalue weighted by atomic mass is 10.1. The summed E-state index contributed by atoms with van der Waals surface area (Å²) in [6.45, 7) is 3.48. The van der Waals surface area contributed by atoms with Gasteiger partial charge < -0.3 is 5.32 Å². The minimum atomic E-state index is -3.22. The summed E-state index contributed by atoms with van der Waals surface area (Å²) < 4.78 is 25.1. The number of benzene rings is 3. The van der Waals surface area contributed by atoms with Crippen LogP contribution in [-0.4, -0.2) is 35.1 Å². The van der Waals surface area contributed by atoms with Gasteiger partial charge in [-0.3, -0.25) is 19.1 Å². The Morgan fingerprint density at radius 2 is 1.76 bits per heavy atom. The van der Waals surface area contributed by atoms with Crippen LogP contribution in [0.4, 0.5) is 0 Å². The van der Waals surface area contributed by atoms with Crippen LogP contribution in [0.25, 0.3) is 27.7 Å². The maximum absolute atomic E-state index is 13.7. The highest BCUT2D eigenvalue weighted by molar-refractivity contribution is 7.89. The van der Waals surface area contributed by atoms with Crippen molar-refractivity contribution in [2.24, 2.45) is 0 Å². The molecule has 208 valence electrons. The minimum Gasteiger partial charge on any atom is -0.343 e. The number of carbonyl (C=O) groups is 1. The molecule has 5 rings (SSSR count). The van der Waals surface area contributed by atoms with Gasteiger partial charge in [0.1, 0.15) is 5.69 Å². The molecule has 2 heterocycles. The van der Waals surface area contributed by atoms with E-state index in [1.165, 1.54) is 6.26 Å². The summed E-state index contributed by atoms with van der Waals surface area (Å²) in [7, 11) is -3.22. The number of rotatable bonds is 7. The van der Waals surface area contributed by atoms with Crippen molar-refractivity contribution in [3.63, 3.8) is 0 Å². The number of nitrogens with one attached hydrogen (secondary N) is 1. The van der Waals surface area contributed by atoms with E-state index in [-0.39, 0.29) is 17.0 Å². The van der Waals surface area contributed by atoms with E-state index in [4.69, 9.17) is 11.6 Å². The number of sulfone groups is 1. The molecular formula is C31H27ClN4O4S. The SMILES string of the molecule is Cc1ncc(-c2cccc(CS(C)(=O)=O)c2)nc1C(=O)N[C@@H](C)c1cc2cccc(Cl)c2c(=O)n1-c1ccccc1. The Kier molecular flexibility index (Phi) is 7.75. The summed E-state index contributed by atoms with van der Waals surface area (Å²) in [4.78, 5) is 36.2. The molecule has 0 aliphatic rings. The van der Waals surface area contributed by atoms with Gasteiger partial charge in [0.05, 0.1) is 39.8 Å². The normalized spacial score (nSPS) is 12.3. The van der Waals surface area contributed by atoms with Crippen molar-refractivity contribution in [2.75, 3.05) is 6.26 Å². The first-order valence-electron chi connectivity index (χ1n) is 12.8. The highest BCUT2D eigenvalue weighted by Crippen LogP contribution is 2.26. The van der Waals surface area contributed by atoms with Crippen LogP contribution in [-0.2, 0) is 15.6 Å². The molecule has 0 aliphatic carbocycles. The smallest absolute Gasteiger partial charge is 0.272 e.